The molecule has 0 saturated carbocycles. The zero-order valence-electron chi connectivity index (χ0n) is 20.1. The van der Waals surface area contributed by atoms with Crippen LogP contribution in [0.25, 0.3) is 0 Å². The summed E-state index contributed by atoms with van der Waals surface area (Å²) in [6, 6.07) is 15.9. The molecule has 2 atom stereocenters. The van der Waals surface area contributed by atoms with E-state index in [-0.39, 0.29) is 29.6 Å². The highest BCUT2D eigenvalue weighted by Crippen LogP contribution is 2.36. The van der Waals surface area contributed by atoms with Gasteiger partial charge in [0.1, 0.15) is 24.2 Å². The third-order valence-corrected chi connectivity index (χ3v) is 6.99. The molecule has 0 bridgehead atoms. The summed E-state index contributed by atoms with van der Waals surface area (Å²) in [6.45, 7) is 2.44. The molecule has 4 rings (SSSR count). The van der Waals surface area contributed by atoms with Crippen LogP contribution in [0.3, 0.4) is 0 Å². The number of esters is 1. The number of halogens is 1. The Morgan fingerprint density at radius 2 is 1.81 bits per heavy atom. The Morgan fingerprint density at radius 1 is 1.11 bits per heavy atom. The Morgan fingerprint density at radius 3 is 2.49 bits per heavy atom. The number of nitrogens with one attached hydrogen (secondary N) is 2. The summed E-state index contributed by atoms with van der Waals surface area (Å²) in [5.74, 6) is -1.35. The Bertz CT molecular complexity index is 1400. The van der Waals surface area contributed by atoms with Crippen molar-refractivity contribution in [2.24, 2.45) is 0 Å². The van der Waals surface area contributed by atoms with E-state index in [2.05, 4.69) is 10.0 Å². The predicted molar refractivity (Wildman–Crippen MR) is 131 cm³/mol. The van der Waals surface area contributed by atoms with Crippen LogP contribution in [0.15, 0.2) is 71.6 Å². The molecular weight excluding hydrogens is 503 g/mol. The van der Waals surface area contributed by atoms with E-state index in [9.17, 15) is 22.4 Å². The average molecular weight is 529 g/mol. The van der Waals surface area contributed by atoms with E-state index < -0.39 is 34.1 Å². The van der Waals surface area contributed by atoms with Gasteiger partial charge in [-0.15, -0.1) is 0 Å². The lowest BCUT2D eigenvalue weighted by atomic mass is 10.1. The number of anilines is 1. The summed E-state index contributed by atoms with van der Waals surface area (Å²) in [7, 11) is -4.06. The molecule has 9 nitrogen and oxygen atoms in total. The van der Waals surface area contributed by atoms with Crippen LogP contribution in [-0.2, 0) is 42.3 Å². The molecule has 37 heavy (non-hydrogen) atoms. The Labute approximate surface area is 213 Å². The van der Waals surface area contributed by atoms with Crippen molar-refractivity contribution in [3.05, 3.63) is 89.2 Å². The maximum atomic E-state index is 14.2. The molecule has 11 heteroatoms. The first-order chi connectivity index (χ1) is 17.6. The number of hydrogen-bond acceptors (Lipinski definition) is 7. The zero-order chi connectivity index (χ0) is 26.6. The van der Waals surface area contributed by atoms with Crippen LogP contribution in [0.2, 0.25) is 0 Å². The van der Waals surface area contributed by atoms with E-state index in [1.165, 1.54) is 50.2 Å². The van der Waals surface area contributed by atoms with Crippen LogP contribution in [0.1, 0.15) is 36.8 Å². The summed E-state index contributed by atoms with van der Waals surface area (Å²) in [6.07, 6.45) is -0.712. The number of benzene rings is 3. The monoisotopic (exact) mass is 528 g/mol. The molecule has 1 aliphatic heterocycles. The number of fused-ring (bicyclic) bond motifs is 1. The van der Waals surface area contributed by atoms with E-state index >= 15 is 0 Å². The van der Waals surface area contributed by atoms with Gasteiger partial charge in [-0.25, -0.2) is 12.8 Å². The maximum absolute atomic E-state index is 14.2. The molecule has 2 N–H and O–H groups in total. The van der Waals surface area contributed by atoms with E-state index in [1.807, 2.05) is 30.3 Å². The normalized spacial score (nSPS) is 15.7. The molecule has 3 aromatic rings. The molecule has 1 aliphatic rings. The molecule has 0 aliphatic carbocycles. The SMILES string of the molecule is CC(=O)Nc1ccc(S(=O)(=O)NC(C)C(=O)OCc2cc(F)cc3c2OC(c2ccccc2)OC3)cc1. The van der Waals surface area contributed by atoms with E-state index in [0.717, 1.165) is 5.56 Å². The van der Waals surface area contributed by atoms with Gasteiger partial charge in [0.15, 0.2) is 0 Å². The Hall–Kier alpha value is -3.80. The standard InChI is InChI=1S/C26H25FN2O7S/c1-16(29-37(32,33)23-10-8-22(9-11-23)28-17(2)30)25(31)34-14-19-12-21(27)13-20-15-35-26(36-24(19)20)18-6-4-3-5-7-18/h3-13,16,26,29H,14-15H2,1-2H3,(H,28,30). The smallest absolute Gasteiger partial charge is 0.324 e. The number of carbonyl (C=O) groups is 2. The molecule has 0 fully saturated rings. The molecule has 0 aromatic heterocycles. The summed E-state index contributed by atoms with van der Waals surface area (Å²) in [5, 5.41) is 2.54. The highest BCUT2D eigenvalue weighted by atomic mass is 32.2. The second kappa shape index (κ2) is 11.1. The van der Waals surface area contributed by atoms with Crippen molar-refractivity contribution in [3.8, 4) is 5.75 Å². The molecule has 2 unspecified atom stereocenters. The van der Waals surface area contributed by atoms with Crippen molar-refractivity contribution in [3.63, 3.8) is 0 Å². The average Bonchev–Trinajstić information content (AvgIpc) is 2.87. The third kappa shape index (κ3) is 6.50. The fraction of sp³-hybridized carbons (Fsp3) is 0.231. The summed E-state index contributed by atoms with van der Waals surface area (Å²) in [4.78, 5) is 23.6. The number of rotatable bonds is 8. The maximum Gasteiger partial charge on any atom is 0.324 e. The van der Waals surface area contributed by atoms with Crippen molar-refractivity contribution in [2.45, 2.75) is 44.3 Å². The topological polar surface area (TPSA) is 120 Å². The lowest BCUT2D eigenvalue weighted by Gasteiger charge is -2.28. The first-order valence-electron chi connectivity index (χ1n) is 11.3. The van der Waals surface area contributed by atoms with Crippen LogP contribution in [0.5, 0.6) is 5.75 Å². The molecule has 194 valence electrons. The van der Waals surface area contributed by atoms with Crippen LogP contribution < -0.4 is 14.8 Å². The van der Waals surface area contributed by atoms with E-state index in [1.54, 1.807) is 0 Å². The molecule has 0 radical (unpaired) electrons. The van der Waals surface area contributed by atoms with E-state index in [0.29, 0.717) is 17.0 Å². The predicted octanol–water partition coefficient (Wildman–Crippen LogP) is 3.80. The second-order valence-corrected chi connectivity index (χ2v) is 10.1. The second-order valence-electron chi connectivity index (χ2n) is 8.38. The number of hydrogen-bond donors (Lipinski definition) is 2. The van der Waals surface area contributed by atoms with Crippen molar-refractivity contribution in [2.75, 3.05) is 5.32 Å². The van der Waals surface area contributed by atoms with Crippen LogP contribution >= 0.6 is 0 Å². The molecule has 3 aromatic carbocycles. The largest absolute Gasteiger partial charge is 0.460 e. The highest BCUT2D eigenvalue weighted by Gasteiger charge is 2.27. The molecule has 0 spiro atoms. The number of sulfonamides is 1. The van der Waals surface area contributed by atoms with Gasteiger partial charge in [0.05, 0.1) is 11.5 Å². The lowest BCUT2D eigenvalue weighted by Crippen LogP contribution is -2.39. The first-order valence-corrected chi connectivity index (χ1v) is 12.8. The zero-order valence-corrected chi connectivity index (χ0v) is 20.9. The van der Waals surface area contributed by atoms with Gasteiger partial charge in [-0.05, 0) is 43.3 Å². The van der Waals surface area contributed by atoms with Crippen molar-refractivity contribution in [1.29, 1.82) is 0 Å². The van der Waals surface area contributed by atoms with Gasteiger partial charge in [0, 0.05) is 29.3 Å². The van der Waals surface area contributed by atoms with Gasteiger partial charge in [0.25, 0.3) is 0 Å². The number of carbonyl (C=O) groups excluding carboxylic acids is 2. The minimum atomic E-state index is -4.06. The van der Waals surface area contributed by atoms with Crippen LogP contribution in [0.4, 0.5) is 10.1 Å². The summed E-state index contributed by atoms with van der Waals surface area (Å²) in [5.41, 5.74) is 1.96. The van der Waals surface area contributed by atoms with Gasteiger partial charge in [-0.3, -0.25) is 9.59 Å². The minimum absolute atomic E-state index is 0.0965. The molecule has 1 heterocycles. The van der Waals surface area contributed by atoms with Gasteiger partial charge in [0.2, 0.25) is 22.2 Å². The van der Waals surface area contributed by atoms with Crippen molar-refractivity contribution in [1.82, 2.24) is 4.72 Å². The quantitative estimate of drug-likeness (QED) is 0.427. The molecule has 1 amide bonds. The molecule has 0 saturated heterocycles. The number of amides is 1. The van der Waals surface area contributed by atoms with Gasteiger partial charge >= 0.3 is 5.97 Å². The van der Waals surface area contributed by atoms with Gasteiger partial charge in [-0.2, -0.15) is 4.72 Å². The Kier molecular flexibility index (Phi) is 7.86. The van der Waals surface area contributed by atoms with Crippen LogP contribution in [0, 0.1) is 5.82 Å². The van der Waals surface area contributed by atoms with Crippen molar-refractivity contribution >= 4 is 27.6 Å². The van der Waals surface area contributed by atoms with Crippen LogP contribution in [-0.4, -0.2) is 26.3 Å². The van der Waals surface area contributed by atoms with E-state index in [4.69, 9.17) is 14.2 Å². The fourth-order valence-electron chi connectivity index (χ4n) is 3.70. The Balaban J connectivity index is 1.41. The van der Waals surface area contributed by atoms with Gasteiger partial charge in [-0.1, -0.05) is 30.3 Å². The minimum Gasteiger partial charge on any atom is -0.460 e. The molecular formula is C26H25FN2O7S. The first kappa shape index (κ1) is 26.3. The number of ether oxygens (including phenoxy) is 3. The summed E-state index contributed by atoms with van der Waals surface area (Å²) >= 11 is 0. The lowest BCUT2D eigenvalue weighted by molar-refractivity contribution is -0.146. The van der Waals surface area contributed by atoms with Crippen molar-refractivity contribution < 1.29 is 36.6 Å². The fourth-order valence-corrected chi connectivity index (χ4v) is 4.89. The van der Waals surface area contributed by atoms with Gasteiger partial charge < -0.3 is 19.5 Å². The summed E-state index contributed by atoms with van der Waals surface area (Å²) < 4.78 is 58.7. The highest BCUT2D eigenvalue weighted by molar-refractivity contribution is 7.89. The third-order valence-electron chi connectivity index (χ3n) is 5.43.